The van der Waals surface area contributed by atoms with E-state index in [1.54, 1.807) is 19.1 Å². The molecule has 34 heavy (non-hydrogen) atoms. The van der Waals surface area contributed by atoms with Crippen LogP contribution in [0.4, 0.5) is 0 Å². The van der Waals surface area contributed by atoms with Gasteiger partial charge in [-0.1, -0.05) is 17.7 Å². The fourth-order valence-electron chi connectivity index (χ4n) is 4.02. The third kappa shape index (κ3) is 4.48. The maximum absolute atomic E-state index is 12.9. The van der Waals surface area contributed by atoms with Gasteiger partial charge >= 0.3 is 5.97 Å². The second-order valence-electron chi connectivity index (χ2n) is 7.82. The molecule has 0 saturated carbocycles. The summed E-state index contributed by atoms with van der Waals surface area (Å²) in [4.78, 5) is 25.5. The van der Waals surface area contributed by atoms with Crippen molar-refractivity contribution in [1.29, 1.82) is 0 Å². The maximum atomic E-state index is 12.9. The molecular weight excluding hydrogens is 522 g/mol. The first-order valence-corrected chi connectivity index (χ1v) is 11.8. The van der Waals surface area contributed by atoms with Crippen LogP contribution in [0.2, 0.25) is 5.02 Å². The summed E-state index contributed by atoms with van der Waals surface area (Å²) in [5.41, 5.74) is 4.21. The van der Waals surface area contributed by atoms with E-state index in [1.165, 1.54) is 4.68 Å². The van der Waals surface area contributed by atoms with E-state index in [0.717, 1.165) is 22.6 Å². The molecule has 0 aliphatic carbocycles. The van der Waals surface area contributed by atoms with Crippen LogP contribution in [-0.2, 0) is 4.74 Å². The van der Waals surface area contributed by atoms with Crippen LogP contribution in [0.15, 0.2) is 46.9 Å². The third-order valence-corrected chi connectivity index (χ3v) is 6.26. The van der Waals surface area contributed by atoms with Crippen LogP contribution in [0.3, 0.4) is 0 Å². The molecule has 0 fully saturated rings. The standard InChI is InChI=1S/C25H23BrClN3O4/c1-5-33-25(32)24-16(4)29(18-8-6-7-17(27)10-18)21-12-20(26)22(11-19(21)24)34-13-23(31)30-15(3)9-14(2)28-30/h6-12H,5,13H2,1-4H3. The lowest BCUT2D eigenvalue weighted by Gasteiger charge is -2.11. The number of ether oxygens (including phenoxy) is 2. The fraction of sp³-hybridized carbons (Fsp3) is 0.240. The Kier molecular flexibility index (Phi) is 6.81. The number of rotatable bonds is 6. The summed E-state index contributed by atoms with van der Waals surface area (Å²) in [6.07, 6.45) is 0. The van der Waals surface area contributed by atoms with E-state index < -0.39 is 5.97 Å². The monoisotopic (exact) mass is 543 g/mol. The Balaban J connectivity index is 1.79. The summed E-state index contributed by atoms with van der Waals surface area (Å²) < 4.78 is 15.1. The quantitative estimate of drug-likeness (QED) is 0.276. The van der Waals surface area contributed by atoms with Gasteiger partial charge in [0.05, 0.1) is 27.9 Å². The lowest BCUT2D eigenvalue weighted by molar-refractivity contribution is 0.0527. The van der Waals surface area contributed by atoms with E-state index in [9.17, 15) is 9.59 Å². The number of aromatic nitrogens is 3. The molecule has 0 aliphatic rings. The van der Waals surface area contributed by atoms with Crippen molar-refractivity contribution in [3.63, 3.8) is 0 Å². The Hall–Kier alpha value is -3.10. The van der Waals surface area contributed by atoms with Crippen LogP contribution >= 0.6 is 27.5 Å². The first-order chi connectivity index (χ1) is 16.2. The zero-order valence-electron chi connectivity index (χ0n) is 19.2. The molecule has 0 amide bonds. The normalized spacial score (nSPS) is 11.1. The van der Waals surface area contributed by atoms with Gasteiger partial charge in [-0.25, -0.2) is 9.48 Å². The van der Waals surface area contributed by atoms with Crippen molar-refractivity contribution < 1.29 is 19.1 Å². The number of benzene rings is 2. The van der Waals surface area contributed by atoms with Crippen molar-refractivity contribution in [3.05, 3.63) is 74.6 Å². The van der Waals surface area contributed by atoms with Gasteiger partial charge in [0.2, 0.25) is 0 Å². The van der Waals surface area contributed by atoms with E-state index in [4.69, 9.17) is 21.1 Å². The number of fused-ring (bicyclic) bond motifs is 1. The Morgan fingerprint density at radius 1 is 1.12 bits per heavy atom. The minimum Gasteiger partial charge on any atom is -0.482 e. The van der Waals surface area contributed by atoms with Gasteiger partial charge in [0.15, 0.2) is 6.61 Å². The van der Waals surface area contributed by atoms with E-state index in [0.29, 0.717) is 31.9 Å². The molecule has 0 unspecified atom stereocenters. The molecule has 4 rings (SSSR count). The second-order valence-corrected chi connectivity index (χ2v) is 9.11. The lowest BCUT2D eigenvalue weighted by atomic mass is 10.1. The highest BCUT2D eigenvalue weighted by Gasteiger charge is 2.24. The van der Waals surface area contributed by atoms with Gasteiger partial charge in [0, 0.05) is 27.5 Å². The molecule has 0 bridgehead atoms. The summed E-state index contributed by atoms with van der Waals surface area (Å²) in [6, 6.07) is 12.8. The average molecular weight is 545 g/mol. The SMILES string of the molecule is CCOC(=O)c1c(C)n(-c2cccc(Cl)c2)c2cc(Br)c(OCC(=O)n3nc(C)cc3C)cc12. The van der Waals surface area contributed by atoms with E-state index in [2.05, 4.69) is 21.0 Å². The topological polar surface area (TPSA) is 75.3 Å². The summed E-state index contributed by atoms with van der Waals surface area (Å²) in [5, 5.41) is 5.44. The maximum Gasteiger partial charge on any atom is 0.340 e. The number of hydrogen-bond donors (Lipinski definition) is 0. The molecule has 2 aromatic carbocycles. The molecule has 0 spiro atoms. The number of nitrogens with zero attached hydrogens (tertiary/aromatic N) is 3. The highest BCUT2D eigenvalue weighted by molar-refractivity contribution is 9.10. The van der Waals surface area contributed by atoms with Crippen LogP contribution < -0.4 is 4.74 Å². The number of hydrogen-bond acceptors (Lipinski definition) is 5. The van der Waals surface area contributed by atoms with Crippen molar-refractivity contribution in [2.75, 3.05) is 13.2 Å². The fourth-order valence-corrected chi connectivity index (χ4v) is 4.65. The van der Waals surface area contributed by atoms with Crippen molar-refractivity contribution in [3.8, 4) is 11.4 Å². The molecule has 7 nitrogen and oxygen atoms in total. The molecule has 0 N–H and O–H groups in total. The van der Waals surface area contributed by atoms with Crippen LogP contribution in [0.5, 0.6) is 5.75 Å². The number of carbonyl (C=O) groups excluding carboxylic acids is 2. The van der Waals surface area contributed by atoms with Crippen molar-refractivity contribution >= 4 is 50.3 Å². The minimum absolute atomic E-state index is 0.214. The predicted octanol–water partition coefficient (Wildman–Crippen LogP) is 6.06. The van der Waals surface area contributed by atoms with Crippen LogP contribution in [0.25, 0.3) is 16.6 Å². The number of halogens is 2. The van der Waals surface area contributed by atoms with Gasteiger partial charge in [-0.15, -0.1) is 0 Å². The smallest absolute Gasteiger partial charge is 0.340 e. The second kappa shape index (κ2) is 9.64. The number of carbonyl (C=O) groups is 2. The largest absolute Gasteiger partial charge is 0.482 e. The number of esters is 1. The third-order valence-electron chi connectivity index (χ3n) is 5.40. The Morgan fingerprint density at radius 3 is 2.53 bits per heavy atom. The molecule has 0 saturated heterocycles. The Morgan fingerprint density at radius 2 is 1.88 bits per heavy atom. The van der Waals surface area contributed by atoms with Crippen molar-refractivity contribution in [2.24, 2.45) is 0 Å². The first kappa shape index (κ1) is 24.0. The zero-order valence-corrected chi connectivity index (χ0v) is 21.5. The predicted molar refractivity (Wildman–Crippen MR) is 135 cm³/mol. The van der Waals surface area contributed by atoms with Gasteiger partial charge in [-0.3, -0.25) is 4.79 Å². The lowest BCUT2D eigenvalue weighted by Crippen LogP contribution is -2.21. The van der Waals surface area contributed by atoms with Crippen LogP contribution in [0.1, 0.15) is 39.2 Å². The first-order valence-electron chi connectivity index (χ1n) is 10.7. The Labute approximate surface area is 210 Å². The summed E-state index contributed by atoms with van der Waals surface area (Å²) in [6.45, 7) is 7.29. The van der Waals surface area contributed by atoms with Gasteiger partial charge < -0.3 is 14.0 Å². The van der Waals surface area contributed by atoms with Crippen molar-refractivity contribution in [1.82, 2.24) is 14.3 Å². The van der Waals surface area contributed by atoms with Gasteiger partial charge in [-0.2, -0.15) is 5.10 Å². The molecule has 4 aromatic rings. The summed E-state index contributed by atoms with van der Waals surface area (Å²) in [7, 11) is 0. The van der Waals surface area contributed by atoms with Gasteiger partial charge in [-0.05, 0) is 80.0 Å². The highest BCUT2D eigenvalue weighted by Crippen LogP contribution is 2.37. The average Bonchev–Trinajstić information content (AvgIpc) is 3.26. The van der Waals surface area contributed by atoms with E-state index in [1.807, 2.05) is 55.7 Å². The minimum atomic E-state index is -0.433. The van der Waals surface area contributed by atoms with Gasteiger partial charge in [0.1, 0.15) is 5.75 Å². The van der Waals surface area contributed by atoms with E-state index >= 15 is 0 Å². The highest BCUT2D eigenvalue weighted by atomic mass is 79.9. The van der Waals surface area contributed by atoms with Crippen LogP contribution in [-0.4, -0.2) is 39.4 Å². The Bertz CT molecular complexity index is 1420. The number of aryl methyl sites for hydroxylation is 2. The molecule has 2 aromatic heterocycles. The molecule has 176 valence electrons. The van der Waals surface area contributed by atoms with Crippen molar-refractivity contribution in [2.45, 2.75) is 27.7 Å². The molecule has 0 aliphatic heterocycles. The van der Waals surface area contributed by atoms with Gasteiger partial charge in [0.25, 0.3) is 5.91 Å². The molecule has 0 radical (unpaired) electrons. The molecule has 2 heterocycles. The molecule has 0 atom stereocenters. The van der Waals surface area contributed by atoms with Crippen LogP contribution in [0, 0.1) is 20.8 Å². The molecular formula is C25H23BrClN3O4. The summed E-state index contributed by atoms with van der Waals surface area (Å²) >= 11 is 9.79. The zero-order chi connectivity index (χ0) is 24.6. The van der Waals surface area contributed by atoms with E-state index in [-0.39, 0.29) is 19.1 Å². The molecule has 9 heteroatoms. The summed E-state index contributed by atoms with van der Waals surface area (Å²) in [5.74, 6) is -0.301.